The summed E-state index contributed by atoms with van der Waals surface area (Å²) >= 11 is 0. The zero-order valence-corrected chi connectivity index (χ0v) is 46.7. The summed E-state index contributed by atoms with van der Waals surface area (Å²) in [5.74, 6) is -0.969. The average molecular weight is 998 g/mol. The summed E-state index contributed by atoms with van der Waals surface area (Å²) in [4.78, 5) is 38.2. The Morgan fingerprint density at radius 1 is 0.306 bits per heavy atom. The Kier molecular flexibility index (Phi) is 55.9. The maximum atomic E-state index is 12.9. The number of rotatable bonds is 52. The van der Waals surface area contributed by atoms with Crippen molar-refractivity contribution in [3.8, 4) is 0 Å². The van der Waals surface area contributed by atoms with Crippen LogP contribution in [-0.2, 0) is 28.6 Å². The first-order valence-corrected chi connectivity index (χ1v) is 29.6. The van der Waals surface area contributed by atoms with Crippen molar-refractivity contribution in [1.29, 1.82) is 0 Å². The number of carbonyl (C=O) groups is 3. The van der Waals surface area contributed by atoms with Crippen LogP contribution in [0.3, 0.4) is 0 Å². The Hall–Kier alpha value is -4.19. The average Bonchev–Trinajstić information content (AvgIpc) is 3.38. The molecule has 0 aromatic carbocycles. The van der Waals surface area contributed by atoms with Crippen molar-refractivity contribution in [1.82, 2.24) is 0 Å². The summed E-state index contributed by atoms with van der Waals surface area (Å²) in [5.41, 5.74) is 0. The quantitative estimate of drug-likeness (QED) is 0.0199. The topological polar surface area (TPSA) is 78.9 Å². The highest BCUT2D eigenvalue weighted by Gasteiger charge is 2.19. The Morgan fingerprint density at radius 3 is 0.944 bits per heavy atom. The van der Waals surface area contributed by atoms with Crippen LogP contribution in [0.5, 0.6) is 0 Å². The molecule has 0 saturated heterocycles. The van der Waals surface area contributed by atoms with Gasteiger partial charge in [-0.2, -0.15) is 0 Å². The molecule has 0 bridgehead atoms. The zero-order chi connectivity index (χ0) is 52.2. The lowest BCUT2D eigenvalue weighted by atomic mass is 10.1. The second-order valence-corrected chi connectivity index (χ2v) is 19.2. The van der Waals surface area contributed by atoms with Gasteiger partial charge in [-0.15, -0.1) is 0 Å². The third kappa shape index (κ3) is 56.7. The predicted molar refractivity (Wildman–Crippen MR) is 311 cm³/mol. The van der Waals surface area contributed by atoms with E-state index >= 15 is 0 Å². The molecule has 0 radical (unpaired) electrons. The van der Waals surface area contributed by atoms with Crippen molar-refractivity contribution < 1.29 is 28.6 Å². The van der Waals surface area contributed by atoms with E-state index in [1.54, 1.807) is 0 Å². The third-order valence-corrected chi connectivity index (χ3v) is 12.2. The molecule has 0 spiro atoms. The Labute approximate surface area is 443 Å². The molecule has 0 aliphatic heterocycles. The number of ether oxygens (including phenoxy) is 3. The highest BCUT2D eigenvalue weighted by atomic mass is 16.6. The molecule has 6 nitrogen and oxygen atoms in total. The first-order valence-electron chi connectivity index (χ1n) is 29.6. The van der Waals surface area contributed by atoms with Crippen molar-refractivity contribution in [2.45, 2.75) is 264 Å². The standard InChI is InChI=1S/C66H108O6/c1-4-7-10-13-16-19-22-25-28-31-33-35-38-41-44-47-50-53-56-59-65(68)71-62-63(61-70-64(67)58-55-52-49-46-43-40-37-30-27-24-21-18-15-12-9-6-3)72-66(69)60-57-54-51-48-45-42-39-36-34-32-29-26-23-20-17-14-11-8-5-2/h7-8,10-11,16-17,19-20,25-26,28-30,33,35,37,40-41,43-44,63H,4-6,9,12-15,18,21-24,27,31-32,34,36,38-39,42,45-62H2,1-3H3/b10-7-,11-8-,19-16-,20-17-,28-25-,29-26-,35-33-,37-30-,43-40-,44-41-. The summed E-state index contributed by atoms with van der Waals surface area (Å²) in [5, 5.41) is 0. The summed E-state index contributed by atoms with van der Waals surface area (Å²) in [6.07, 6.45) is 81.9. The first-order chi connectivity index (χ1) is 35.5. The van der Waals surface area contributed by atoms with Crippen LogP contribution in [-0.4, -0.2) is 37.2 Å². The minimum Gasteiger partial charge on any atom is -0.462 e. The number of hydrogen-bond acceptors (Lipinski definition) is 6. The molecule has 0 fully saturated rings. The van der Waals surface area contributed by atoms with Crippen molar-refractivity contribution in [3.05, 3.63) is 122 Å². The smallest absolute Gasteiger partial charge is 0.306 e. The number of hydrogen-bond donors (Lipinski definition) is 0. The SMILES string of the molecule is CC/C=C\C/C=C\C/C=C\C/C=C\C/C=C\CCCCCC(=O)OCC(COC(=O)CCCCC/C=C\C=C/CCCCCCCCC)OC(=O)CCCCCCCCCCC/C=C\C/C=C\C/C=C\CC. The van der Waals surface area contributed by atoms with Crippen LogP contribution in [0.2, 0.25) is 0 Å². The normalized spacial score (nSPS) is 13.0. The van der Waals surface area contributed by atoms with E-state index in [4.69, 9.17) is 14.2 Å². The monoisotopic (exact) mass is 997 g/mol. The molecule has 0 aromatic rings. The van der Waals surface area contributed by atoms with E-state index in [-0.39, 0.29) is 31.1 Å². The molecular weight excluding hydrogens is 889 g/mol. The molecule has 0 aliphatic rings. The van der Waals surface area contributed by atoms with Crippen LogP contribution >= 0.6 is 0 Å². The number of carbonyl (C=O) groups excluding carboxylic acids is 3. The molecule has 6 heteroatoms. The number of allylic oxidation sites excluding steroid dienone is 20. The van der Waals surface area contributed by atoms with E-state index in [9.17, 15) is 14.4 Å². The number of unbranched alkanes of at least 4 members (excludes halogenated alkanes) is 22. The predicted octanol–water partition coefficient (Wildman–Crippen LogP) is 20.0. The van der Waals surface area contributed by atoms with Gasteiger partial charge in [0.05, 0.1) is 0 Å². The third-order valence-electron chi connectivity index (χ3n) is 12.2. The molecule has 1 atom stereocenters. The fourth-order valence-electron chi connectivity index (χ4n) is 7.83. The van der Waals surface area contributed by atoms with Gasteiger partial charge >= 0.3 is 17.9 Å². The van der Waals surface area contributed by atoms with Crippen molar-refractivity contribution in [2.24, 2.45) is 0 Å². The van der Waals surface area contributed by atoms with Gasteiger partial charge in [-0.1, -0.05) is 239 Å². The first kappa shape index (κ1) is 67.8. The lowest BCUT2D eigenvalue weighted by molar-refractivity contribution is -0.167. The molecule has 0 amide bonds. The molecule has 0 aromatic heterocycles. The maximum absolute atomic E-state index is 12.9. The summed E-state index contributed by atoms with van der Waals surface area (Å²) in [7, 11) is 0. The van der Waals surface area contributed by atoms with Crippen molar-refractivity contribution >= 4 is 17.9 Å². The van der Waals surface area contributed by atoms with E-state index in [2.05, 4.69) is 142 Å². The Bertz CT molecular complexity index is 1520. The van der Waals surface area contributed by atoms with E-state index in [0.717, 1.165) is 135 Å². The van der Waals surface area contributed by atoms with Crippen LogP contribution < -0.4 is 0 Å². The van der Waals surface area contributed by atoms with E-state index in [1.807, 2.05) is 0 Å². The Morgan fingerprint density at radius 2 is 0.583 bits per heavy atom. The van der Waals surface area contributed by atoms with Crippen LogP contribution in [0.4, 0.5) is 0 Å². The molecule has 0 saturated carbocycles. The van der Waals surface area contributed by atoms with E-state index in [1.165, 1.54) is 83.5 Å². The lowest BCUT2D eigenvalue weighted by Gasteiger charge is -2.18. The van der Waals surface area contributed by atoms with Gasteiger partial charge in [-0.3, -0.25) is 14.4 Å². The minimum absolute atomic E-state index is 0.107. The Balaban J connectivity index is 4.51. The van der Waals surface area contributed by atoms with Gasteiger partial charge in [0.25, 0.3) is 0 Å². The van der Waals surface area contributed by atoms with Gasteiger partial charge in [0.2, 0.25) is 0 Å². The molecule has 0 heterocycles. The molecule has 0 aliphatic carbocycles. The molecular formula is C66H108O6. The van der Waals surface area contributed by atoms with Gasteiger partial charge in [0.1, 0.15) is 13.2 Å². The van der Waals surface area contributed by atoms with Crippen LogP contribution in [0, 0.1) is 0 Å². The zero-order valence-electron chi connectivity index (χ0n) is 46.7. The second kappa shape index (κ2) is 59.4. The van der Waals surface area contributed by atoms with Crippen LogP contribution in [0.1, 0.15) is 258 Å². The number of esters is 3. The fraction of sp³-hybridized carbons (Fsp3) is 0.652. The lowest BCUT2D eigenvalue weighted by Crippen LogP contribution is -2.30. The van der Waals surface area contributed by atoms with Gasteiger partial charge in [-0.25, -0.2) is 0 Å². The summed E-state index contributed by atoms with van der Waals surface area (Å²) < 4.78 is 16.8. The summed E-state index contributed by atoms with van der Waals surface area (Å²) in [6, 6.07) is 0. The van der Waals surface area contributed by atoms with E-state index < -0.39 is 6.10 Å². The van der Waals surface area contributed by atoms with Gasteiger partial charge in [-0.05, 0) is 122 Å². The van der Waals surface area contributed by atoms with Crippen molar-refractivity contribution in [2.75, 3.05) is 13.2 Å². The van der Waals surface area contributed by atoms with Crippen LogP contribution in [0.25, 0.3) is 0 Å². The van der Waals surface area contributed by atoms with Gasteiger partial charge in [0, 0.05) is 19.3 Å². The highest BCUT2D eigenvalue weighted by Crippen LogP contribution is 2.14. The van der Waals surface area contributed by atoms with Gasteiger partial charge in [0.15, 0.2) is 6.10 Å². The molecule has 0 rings (SSSR count). The molecule has 72 heavy (non-hydrogen) atoms. The second-order valence-electron chi connectivity index (χ2n) is 19.2. The van der Waals surface area contributed by atoms with Crippen LogP contribution in [0.15, 0.2) is 122 Å². The minimum atomic E-state index is -0.810. The maximum Gasteiger partial charge on any atom is 0.306 e. The summed E-state index contributed by atoms with van der Waals surface area (Å²) in [6.45, 7) is 6.36. The largest absolute Gasteiger partial charge is 0.462 e. The van der Waals surface area contributed by atoms with Crippen molar-refractivity contribution in [3.63, 3.8) is 0 Å². The highest BCUT2D eigenvalue weighted by molar-refractivity contribution is 5.71. The molecule has 408 valence electrons. The molecule has 0 N–H and O–H groups in total. The fourth-order valence-corrected chi connectivity index (χ4v) is 7.83. The molecule has 1 unspecified atom stereocenters. The van der Waals surface area contributed by atoms with E-state index in [0.29, 0.717) is 19.3 Å². The van der Waals surface area contributed by atoms with Gasteiger partial charge < -0.3 is 14.2 Å².